The molecule has 1 saturated heterocycles. The molecular weight excluding hydrogens is 266 g/mol. The number of benzene rings is 1. The number of carboxylic acid groups (broad SMARTS) is 1. The molecular formula is C16H21N3O2. The molecule has 21 heavy (non-hydrogen) atoms. The Kier molecular flexibility index (Phi) is 3.92. The van der Waals surface area contributed by atoms with E-state index in [0.717, 1.165) is 24.1 Å². The van der Waals surface area contributed by atoms with Gasteiger partial charge in [-0.1, -0.05) is 13.0 Å². The minimum atomic E-state index is -0.894. The normalized spacial score (nSPS) is 17.4. The molecule has 5 nitrogen and oxygen atoms in total. The molecule has 1 aliphatic rings. The van der Waals surface area contributed by atoms with Crippen molar-refractivity contribution >= 4 is 17.0 Å². The lowest BCUT2D eigenvalue weighted by atomic mass is 10.1. The van der Waals surface area contributed by atoms with Gasteiger partial charge >= 0.3 is 5.97 Å². The Bertz CT molecular complexity index is 644. The van der Waals surface area contributed by atoms with Crippen molar-refractivity contribution in [1.29, 1.82) is 0 Å². The van der Waals surface area contributed by atoms with Gasteiger partial charge in [-0.2, -0.15) is 0 Å². The van der Waals surface area contributed by atoms with Crippen molar-refractivity contribution in [2.24, 2.45) is 5.92 Å². The Hall–Kier alpha value is -1.88. The number of para-hydroxylation sites is 1. The number of fused-ring (bicyclic) bond motifs is 1. The molecule has 1 aromatic carbocycles. The Morgan fingerprint density at radius 2 is 2.10 bits per heavy atom. The van der Waals surface area contributed by atoms with Crippen molar-refractivity contribution in [3.05, 3.63) is 30.1 Å². The summed E-state index contributed by atoms with van der Waals surface area (Å²) >= 11 is 0. The molecule has 0 aliphatic carbocycles. The fourth-order valence-electron chi connectivity index (χ4n) is 3.24. The first-order valence-electron chi connectivity index (χ1n) is 7.54. The van der Waals surface area contributed by atoms with E-state index >= 15 is 0 Å². The highest BCUT2D eigenvalue weighted by Crippen LogP contribution is 2.20. The van der Waals surface area contributed by atoms with Gasteiger partial charge in [-0.05, 0) is 44.0 Å². The highest BCUT2D eigenvalue weighted by molar-refractivity contribution is 6.01. The zero-order chi connectivity index (χ0) is 14.8. The molecule has 0 spiro atoms. The van der Waals surface area contributed by atoms with Gasteiger partial charge in [0.25, 0.3) is 0 Å². The molecule has 1 unspecified atom stereocenters. The Morgan fingerprint density at radius 1 is 1.33 bits per heavy atom. The number of imidazole rings is 1. The smallest absolute Gasteiger partial charge is 0.337 e. The summed E-state index contributed by atoms with van der Waals surface area (Å²) in [7, 11) is 0. The number of likely N-dealkylation sites (tertiary alicyclic amines) is 1. The van der Waals surface area contributed by atoms with Gasteiger partial charge in [0.05, 0.1) is 22.9 Å². The average molecular weight is 287 g/mol. The first kappa shape index (κ1) is 14.1. The van der Waals surface area contributed by atoms with Crippen LogP contribution in [0, 0.1) is 5.92 Å². The standard InChI is InChI=1S/C16H21N3O2/c1-12(9-18-7-2-3-8-18)10-19-11-17-14-6-4-5-13(15(14)19)16(20)21/h4-6,11-12H,2-3,7-10H2,1H3,(H,20,21). The average Bonchev–Trinajstić information content (AvgIpc) is 3.08. The zero-order valence-corrected chi connectivity index (χ0v) is 12.3. The summed E-state index contributed by atoms with van der Waals surface area (Å²) in [6, 6.07) is 5.26. The fourth-order valence-corrected chi connectivity index (χ4v) is 3.24. The largest absolute Gasteiger partial charge is 0.478 e. The van der Waals surface area contributed by atoms with Crippen LogP contribution in [-0.2, 0) is 6.54 Å². The van der Waals surface area contributed by atoms with Crippen LogP contribution in [0.4, 0.5) is 0 Å². The van der Waals surface area contributed by atoms with Crippen LogP contribution in [0.5, 0.6) is 0 Å². The van der Waals surface area contributed by atoms with Crippen LogP contribution in [-0.4, -0.2) is 45.2 Å². The molecule has 2 aromatic rings. The molecule has 1 aliphatic heterocycles. The van der Waals surface area contributed by atoms with E-state index in [9.17, 15) is 9.90 Å². The second-order valence-corrected chi connectivity index (χ2v) is 5.99. The van der Waals surface area contributed by atoms with Gasteiger partial charge in [-0.3, -0.25) is 0 Å². The first-order chi connectivity index (χ1) is 10.1. The Balaban J connectivity index is 1.81. The van der Waals surface area contributed by atoms with Gasteiger partial charge in [0.2, 0.25) is 0 Å². The van der Waals surface area contributed by atoms with E-state index in [2.05, 4.69) is 16.8 Å². The van der Waals surface area contributed by atoms with E-state index in [1.165, 1.54) is 25.9 Å². The molecule has 0 saturated carbocycles. The maximum Gasteiger partial charge on any atom is 0.337 e. The Morgan fingerprint density at radius 3 is 2.81 bits per heavy atom. The van der Waals surface area contributed by atoms with Gasteiger partial charge in [-0.15, -0.1) is 0 Å². The van der Waals surface area contributed by atoms with E-state index in [1.807, 2.05) is 10.6 Å². The number of hydrogen-bond acceptors (Lipinski definition) is 3. The van der Waals surface area contributed by atoms with Gasteiger partial charge < -0.3 is 14.6 Å². The number of carboxylic acids is 1. The molecule has 3 rings (SSSR count). The minimum absolute atomic E-state index is 0.332. The van der Waals surface area contributed by atoms with Crippen molar-refractivity contribution in [2.45, 2.75) is 26.3 Å². The summed E-state index contributed by atoms with van der Waals surface area (Å²) in [5.74, 6) is -0.420. The van der Waals surface area contributed by atoms with Crippen LogP contribution in [0.3, 0.4) is 0 Å². The predicted octanol–water partition coefficient (Wildman–Crippen LogP) is 2.47. The summed E-state index contributed by atoms with van der Waals surface area (Å²) in [6.07, 6.45) is 4.35. The van der Waals surface area contributed by atoms with Crippen LogP contribution in [0.25, 0.3) is 11.0 Å². The van der Waals surface area contributed by atoms with E-state index in [4.69, 9.17) is 0 Å². The quantitative estimate of drug-likeness (QED) is 0.917. The summed E-state index contributed by atoms with van der Waals surface area (Å²) in [6.45, 7) is 6.46. The molecule has 1 N–H and O–H groups in total. The molecule has 1 aromatic heterocycles. The molecule has 112 valence electrons. The van der Waals surface area contributed by atoms with Crippen molar-refractivity contribution in [3.8, 4) is 0 Å². The maximum atomic E-state index is 11.4. The van der Waals surface area contributed by atoms with Gasteiger partial charge in [0.1, 0.15) is 0 Å². The molecule has 1 atom stereocenters. The molecule has 5 heteroatoms. The maximum absolute atomic E-state index is 11.4. The highest BCUT2D eigenvalue weighted by Gasteiger charge is 2.17. The third-order valence-electron chi connectivity index (χ3n) is 4.15. The monoisotopic (exact) mass is 287 g/mol. The second kappa shape index (κ2) is 5.85. The third-order valence-corrected chi connectivity index (χ3v) is 4.15. The Labute approximate surface area is 124 Å². The van der Waals surface area contributed by atoms with Crippen LogP contribution < -0.4 is 0 Å². The van der Waals surface area contributed by atoms with Gasteiger partial charge in [-0.25, -0.2) is 9.78 Å². The fraction of sp³-hybridized carbons (Fsp3) is 0.500. The van der Waals surface area contributed by atoms with E-state index in [-0.39, 0.29) is 0 Å². The number of hydrogen-bond donors (Lipinski definition) is 1. The third kappa shape index (κ3) is 2.93. The lowest BCUT2D eigenvalue weighted by Crippen LogP contribution is -2.27. The SMILES string of the molecule is CC(CN1CCCC1)Cn1cnc2cccc(C(=O)O)c21. The molecule has 0 amide bonds. The molecule has 0 bridgehead atoms. The van der Waals surface area contributed by atoms with Crippen molar-refractivity contribution < 1.29 is 9.90 Å². The van der Waals surface area contributed by atoms with E-state index in [1.54, 1.807) is 18.5 Å². The number of nitrogens with zero attached hydrogens (tertiary/aromatic N) is 3. The first-order valence-corrected chi connectivity index (χ1v) is 7.54. The number of aromatic carboxylic acids is 1. The highest BCUT2D eigenvalue weighted by atomic mass is 16.4. The van der Waals surface area contributed by atoms with Crippen molar-refractivity contribution in [2.75, 3.05) is 19.6 Å². The number of aromatic nitrogens is 2. The van der Waals surface area contributed by atoms with E-state index in [0.29, 0.717) is 11.5 Å². The molecule has 1 fully saturated rings. The van der Waals surface area contributed by atoms with Crippen LogP contribution in [0.1, 0.15) is 30.1 Å². The summed E-state index contributed by atoms with van der Waals surface area (Å²) in [5.41, 5.74) is 1.82. The minimum Gasteiger partial charge on any atom is -0.478 e. The molecule has 2 heterocycles. The van der Waals surface area contributed by atoms with Gasteiger partial charge in [0.15, 0.2) is 0 Å². The topological polar surface area (TPSA) is 58.4 Å². The van der Waals surface area contributed by atoms with Crippen molar-refractivity contribution in [3.63, 3.8) is 0 Å². The lowest BCUT2D eigenvalue weighted by Gasteiger charge is -2.20. The van der Waals surface area contributed by atoms with Crippen molar-refractivity contribution in [1.82, 2.24) is 14.5 Å². The predicted molar refractivity (Wildman–Crippen MR) is 81.5 cm³/mol. The van der Waals surface area contributed by atoms with Crippen LogP contribution >= 0.6 is 0 Å². The molecule has 0 radical (unpaired) electrons. The second-order valence-electron chi connectivity index (χ2n) is 5.99. The summed E-state index contributed by atoms with van der Waals surface area (Å²) in [5, 5.41) is 9.34. The zero-order valence-electron chi connectivity index (χ0n) is 12.3. The van der Waals surface area contributed by atoms with Crippen LogP contribution in [0.2, 0.25) is 0 Å². The van der Waals surface area contributed by atoms with E-state index < -0.39 is 5.97 Å². The lowest BCUT2D eigenvalue weighted by molar-refractivity contribution is 0.0698. The van der Waals surface area contributed by atoms with Gasteiger partial charge in [0, 0.05) is 13.1 Å². The van der Waals surface area contributed by atoms with Crippen LogP contribution in [0.15, 0.2) is 24.5 Å². The number of rotatable bonds is 5. The summed E-state index contributed by atoms with van der Waals surface area (Å²) < 4.78 is 1.99. The summed E-state index contributed by atoms with van der Waals surface area (Å²) in [4.78, 5) is 18.2. The number of carbonyl (C=O) groups is 1.